The van der Waals surface area contributed by atoms with E-state index in [0.717, 1.165) is 25.5 Å². The van der Waals surface area contributed by atoms with E-state index in [2.05, 4.69) is 10.4 Å². The number of hydrogen-bond donors (Lipinski definition) is 1. The number of aromatic nitrogens is 2. The minimum absolute atomic E-state index is 0.00444. The van der Waals surface area contributed by atoms with Crippen molar-refractivity contribution >= 4 is 11.8 Å². The molecule has 1 saturated heterocycles. The van der Waals surface area contributed by atoms with Crippen molar-refractivity contribution in [1.29, 1.82) is 0 Å². The summed E-state index contributed by atoms with van der Waals surface area (Å²) in [6.07, 6.45) is 4.51. The lowest BCUT2D eigenvalue weighted by molar-refractivity contribution is -0.119. The maximum Gasteiger partial charge on any atom is 0.333 e. The standard InChI is InChI=1S/C14H20F2N4O2/c1-10(21)17-7-5-11-4-2-3-8-19(11)13(22)12-6-9-20(18-12)14(15)16/h6,9,11,14H,2-5,7-8H2,1H3,(H,17,21). The molecule has 8 heteroatoms. The molecule has 1 unspecified atom stereocenters. The first-order chi connectivity index (χ1) is 10.5. The van der Waals surface area contributed by atoms with Gasteiger partial charge >= 0.3 is 6.55 Å². The van der Waals surface area contributed by atoms with Crippen LogP contribution in [0.4, 0.5) is 8.78 Å². The molecule has 1 fully saturated rings. The second kappa shape index (κ2) is 7.33. The van der Waals surface area contributed by atoms with E-state index in [4.69, 9.17) is 0 Å². The van der Waals surface area contributed by atoms with Crippen LogP contribution in [0.25, 0.3) is 0 Å². The zero-order chi connectivity index (χ0) is 16.1. The average molecular weight is 314 g/mol. The molecule has 1 aromatic rings. The van der Waals surface area contributed by atoms with Crippen LogP contribution in [0.3, 0.4) is 0 Å². The van der Waals surface area contributed by atoms with Crippen LogP contribution in [0.5, 0.6) is 0 Å². The van der Waals surface area contributed by atoms with Gasteiger partial charge in [0.25, 0.3) is 5.91 Å². The molecule has 0 spiro atoms. The number of alkyl halides is 2. The van der Waals surface area contributed by atoms with Crippen molar-refractivity contribution in [3.8, 4) is 0 Å². The minimum Gasteiger partial charge on any atom is -0.356 e. The molecular weight excluding hydrogens is 294 g/mol. The predicted octanol–water partition coefficient (Wildman–Crippen LogP) is 1.80. The van der Waals surface area contributed by atoms with Gasteiger partial charge in [-0.1, -0.05) is 0 Å². The maximum absolute atomic E-state index is 12.5. The van der Waals surface area contributed by atoms with Crippen LogP contribution in [-0.2, 0) is 4.79 Å². The van der Waals surface area contributed by atoms with Crippen molar-refractivity contribution in [2.24, 2.45) is 0 Å². The molecule has 2 amide bonds. The lowest BCUT2D eigenvalue weighted by Gasteiger charge is -2.35. The lowest BCUT2D eigenvalue weighted by Crippen LogP contribution is -2.45. The summed E-state index contributed by atoms with van der Waals surface area (Å²) in [7, 11) is 0. The Kier molecular flexibility index (Phi) is 5.46. The van der Waals surface area contributed by atoms with Gasteiger partial charge in [-0.15, -0.1) is 0 Å². The van der Waals surface area contributed by atoms with Crippen LogP contribution in [0, 0.1) is 0 Å². The summed E-state index contributed by atoms with van der Waals surface area (Å²) in [6, 6.07) is 1.32. The second-order valence-corrected chi connectivity index (χ2v) is 5.38. The van der Waals surface area contributed by atoms with Gasteiger partial charge < -0.3 is 10.2 Å². The van der Waals surface area contributed by atoms with Crippen LogP contribution in [-0.4, -0.2) is 45.6 Å². The Morgan fingerprint density at radius 1 is 1.45 bits per heavy atom. The van der Waals surface area contributed by atoms with Gasteiger partial charge in [0, 0.05) is 32.3 Å². The maximum atomic E-state index is 12.5. The van der Waals surface area contributed by atoms with Gasteiger partial charge in [-0.2, -0.15) is 13.9 Å². The van der Waals surface area contributed by atoms with Crippen molar-refractivity contribution in [3.05, 3.63) is 18.0 Å². The zero-order valence-electron chi connectivity index (χ0n) is 12.5. The highest BCUT2D eigenvalue weighted by Gasteiger charge is 2.28. The molecule has 122 valence electrons. The molecule has 0 aromatic carbocycles. The molecule has 0 aliphatic carbocycles. The summed E-state index contributed by atoms with van der Waals surface area (Å²) in [4.78, 5) is 25.1. The Morgan fingerprint density at radius 2 is 2.23 bits per heavy atom. The monoisotopic (exact) mass is 314 g/mol. The second-order valence-electron chi connectivity index (χ2n) is 5.38. The van der Waals surface area contributed by atoms with Crippen LogP contribution < -0.4 is 5.32 Å². The fraction of sp³-hybridized carbons (Fsp3) is 0.643. The number of halogens is 2. The quantitative estimate of drug-likeness (QED) is 0.901. The van der Waals surface area contributed by atoms with Gasteiger partial charge in [0.05, 0.1) is 0 Å². The first kappa shape index (κ1) is 16.4. The topological polar surface area (TPSA) is 67.2 Å². The molecule has 2 heterocycles. The van der Waals surface area contributed by atoms with Crippen molar-refractivity contribution in [3.63, 3.8) is 0 Å². The van der Waals surface area contributed by atoms with Gasteiger partial charge in [-0.3, -0.25) is 9.59 Å². The third-order valence-corrected chi connectivity index (χ3v) is 3.77. The van der Waals surface area contributed by atoms with E-state index < -0.39 is 6.55 Å². The number of nitrogens with zero attached hydrogens (tertiary/aromatic N) is 3. The Morgan fingerprint density at radius 3 is 2.86 bits per heavy atom. The first-order valence-electron chi connectivity index (χ1n) is 7.37. The van der Waals surface area contributed by atoms with E-state index in [0.29, 0.717) is 24.2 Å². The molecule has 1 atom stereocenters. The summed E-state index contributed by atoms with van der Waals surface area (Å²) in [6.45, 7) is -0.223. The summed E-state index contributed by atoms with van der Waals surface area (Å²) in [5.41, 5.74) is 0.0340. The van der Waals surface area contributed by atoms with E-state index in [-0.39, 0.29) is 23.6 Å². The SMILES string of the molecule is CC(=O)NCCC1CCCCN1C(=O)c1ccn(C(F)F)n1. The number of rotatable bonds is 5. The zero-order valence-corrected chi connectivity index (χ0v) is 12.5. The fourth-order valence-corrected chi connectivity index (χ4v) is 2.69. The predicted molar refractivity (Wildman–Crippen MR) is 75.5 cm³/mol. The Labute approximate surface area is 127 Å². The highest BCUT2D eigenvalue weighted by atomic mass is 19.3. The van der Waals surface area contributed by atoms with Crippen LogP contribution in [0.2, 0.25) is 0 Å². The summed E-state index contributed by atoms with van der Waals surface area (Å²) in [5, 5.41) is 6.35. The van der Waals surface area contributed by atoms with Gasteiger partial charge in [0.2, 0.25) is 5.91 Å². The summed E-state index contributed by atoms with van der Waals surface area (Å²) >= 11 is 0. The summed E-state index contributed by atoms with van der Waals surface area (Å²) < 4.78 is 25.6. The van der Waals surface area contributed by atoms with Gasteiger partial charge in [-0.05, 0) is 31.7 Å². The number of carbonyl (C=O) groups is 2. The van der Waals surface area contributed by atoms with Gasteiger partial charge in [0.15, 0.2) is 5.69 Å². The van der Waals surface area contributed by atoms with Gasteiger partial charge in [-0.25, -0.2) is 4.68 Å². The molecule has 22 heavy (non-hydrogen) atoms. The van der Waals surface area contributed by atoms with Crippen molar-refractivity contribution in [1.82, 2.24) is 20.0 Å². The smallest absolute Gasteiger partial charge is 0.333 e. The Balaban J connectivity index is 2.02. The number of likely N-dealkylation sites (tertiary alicyclic amines) is 1. The van der Waals surface area contributed by atoms with Crippen LogP contribution in [0.1, 0.15) is 49.6 Å². The largest absolute Gasteiger partial charge is 0.356 e. The first-order valence-corrected chi connectivity index (χ1v) is 7.37. The van der Waals surface area contributed by atoms with E-state index >= 15 is 0 Å². The van der Waals surface area contributed by atoms with Crippen molar-refractivity contribution < 1.29 is 18.4 Å². The van der Waals surface area contributed by atoms with Crippen molar-refractivity contribution in [2.75, 3.05) is 13.1 Å². The van der Waals surface area contributed by atoms with Crippen molar-refractivity contribution in [2.45, 2.75) is 45.2 Å². The number of nitrogens with one attached hydrogen (secondary N) is 1. The average Bonchev–Trinajstić information content (AvgIpc) is 2.97. The molecule has 1 N–H and O–H groups in total. The van der Waals surface area contributed by atoms with Gasteiger partial charge in [0.1, 0.15) is 0 Å². The normalized spacial score (nSPS) is 18.5. The molecule has 0 bridgehead atoms. The van der Waals surface area contributed by atoms with E-state index in [1.54, 1.807) is 4.90 Å². The molecule has 1 aliphatic rings. The summed E-state index contributed by atoms with van der Waals surface area (Å²) in [5.74, 6) is -0.434. The van der Waals surface area contributed by atoms with E-state index in [1.807, 2.05) is 0 Å². The number of carbonyl (C=O) groups excluding carboxylic acids is 2. The highest BCUT2D eigenvalue weighted by molar-refractivity contribution is 5.92. The molecule has 6 nitrogen and oxygen atoms in total. The van der Waals surface area contributed by atoms with Crippen LogP contribution in [0.15, 0.2) is 12.3 Å². The Hall–Kier alpha value is -1.99. The van der Waals surface area contributed by atoms with E-state index in [1.165, 1.54) is 13.0 Å². The highest BCUT2D eigenvalue weighted by Crippen LogP contribution is 2.21. The Bertz CT molecular complexity index is 533. The van der Waals surface area contributed by atoms with Crippen LogP contribution >= 0.6 is 0 Å². The molecule has 2 rings (SSSR count). The number of amides is 2. The molecule has 0 radical (unpaired) electrons. The molecule has 0 saturated carbocycles. The molecular formula is C14H20F2N4O2. The third kappa shape index (κ3) is 4.02. The minimum atomic E-state index is -2.75. The molecule has 1 aliphatic heterocycles. The third-order valence-electron chi connectivity index (χ3n) is 3.77. The lowest BCUT2D eigenvalue weighted by atomic mass is 9.99. The van der Waals surface area contributed by atoms with E-state index in [9.17, 15) is 18.4 Å². The fourth-order valence-electron chi connectivity index (χ4n) is 2.69. The molecule has 1 aromatic heterocycles. The number of hydrogen-bond acceptors (Lipinski definition) is 3. The number of piperidine rings is 1.